The molecule has 0 aromatic carbocycles. The highest BCUT2D eigenvalue weighted by molar-refractivity contribution is 6.20. The molecule has 2 aromatic heterocycles. The number of hydrogen-bond donors (Lipinski definition) is 1. The number of fused-ring (bicyclic) bond motifs is 1. The van der Waals surface area contributed by atoms with Crippen LogP contribution in [0.3, 0.4) is 0 Å². The summed E-state index contributed by atoms with van der Waals surface area (Å²) in [4.78, 5) is 12.7. The van der Waals surface area contributed by atoms with E-state index in [4.69, 9.17) is 16.3 Å². The third-order valence-corrected chi connectivity index (χ3v) is 5.93. The highest BCUT2D eigenvalue weighted by Crippen LogP contribution is 2.41. The minimum absolute atomic E-state index is 0.0509. The first-order valence-electron chi connectivity index (χ1n) is 9.13. The molecule has 1 N–H and O–H groups in total. The largest absolute Gasteiger partial charge is 0.368 e. The fraction of sp³-hybridized carbons (Fsp3) is 0.450. The van der Waals surface area contributed by atoms with Crippen LogP contribution in [0.5, 0.6) is 0 Å². The van der Waals surface area contributed by atoms with Crippen LogP contribution < -0.4 is 5.32 Å². The van der Waals surface area contributed by atoms with Gasteiger partial charge in [0.1, 0.15) is 0 Å². The summed E-state index contributed by atoms with van der Waals surface area (Å²) in [6.07, 6.45) is 5.69. The first kappa shape index (κ1) is 18.4. The number of amides is 1. The molecule has 0 radical (unpaired) electrons. The van der Waals surface area contributed by atoms with Gasteiger partial charge < -0.3 is 14.5 Å². The van der Waals surface area contributed by atoms with Crippen LogP contribution in [0.4, 0.5) is 8.78 Å². The standard InChI is InChI=1S/C20H21ClF2N2O2/c21-15-12-20(22,23)7-4-13(15)11-18-16(6-10-27-18)24-19(26)14-5-9-25-8-2-1-3-17(14)25/h1-3,5-6,8-9,13,15,18H,4,7,10-12H2,(H,24,26). The van der Waals surface area contributed by atoms with Gasteiger partial charge in [-0.1, -0.05) is 6.07 Å². The van der Waals surface area contributed by atoms with E-state index in [1.807, 2.05) is 41.1 Å². The minimum Gasteiger partial charge on any atom is -0.368 e. The highest BCUT2D eigenvalue weighted by Gasteiger charge is 2.42. The van der Waals surface area contributed by atoms with E-state index in [1.54, 1.807) is 6.07 Å². The number of nitrogens with one attached hydrogen (secondary N) is 1. The van der Waals surface area contributed by atoms with Gasteiger partial charge in [-0.2, -0.15) is 0 Å². The molecule has 2 aliphatic rings. The Bertz CT molecular complexity index is 880. The highest BCUT2D eigenvalue weighted by atomic mass is 35.5. The Morgan fingerprint density at radius 2 is 2.19 bits per heavy atom. The molecule has 0 spiro atoms. The van der Waals surface area contributed by atoms with Gasteiger partial charge in [-0.15, -0.1) is 11.6 Å². The van der Waals surface area contributed by atoms with Gasteiger partial charge in [0.15, 0.2) is 0 Å². The van der Waals surface area contributed by atoms with E-state index in [0.717, 1.165) is 5.52 Å². The Balaban J connectivity index is 1.42. The lowest BCUT2D eigenvalue weighted by Crippen LogP contribution is -2.36. The molecule has 0 bridgehead atoms. The molecule has 3 atom stereocenters. The Kier molecular flexibility index (Phi) is 4.95. The number of nitrogens with zero attached hydrogens (tertiary/aromatic N) is 1. The summed E-state index contributed by atoms with van der Waals surface area (Å²) in [5.41, 5.74) is 2.09. The lowest BCUT2D eigenvalue weighted by Gasteiger charge is -2.34. The predicted octanol–water partition coefficient (Wildman–Crippen LogP) is 4.38. The summed E-state index contributed by atoms with van der Waals surface area (Å²) < 4.78 is 34.6. The lowest BCUT2D eigenvalue weighted by atomic mass is 9.82. The SMILES string of the molecule is O=C(NC1=CCOC1CC1CCC(F)(F)CC1Cl)c1ccn2ccccc12. The van der Waals surface area contributed by atoms with E-state index < -0.39 is 11.3 Å². The average molecular weight is 395 g/mol. The quantitative estimate of drug-likeness (QED) is 0.782. The van der Waals surface area contributed by atoms with Crippen molar-refractivity contribution in [3.05, 3.63) is 54.0 Å². The van der Waals surface area contributed by atoms with Crippen molar-refractivity contribution in [1.82, 2.24) is 9.72 Å². The van der Waals surface area contributed by atoms with Crippen LogP contribution in [0.15, 0.2) is 48.4 Å². The maximum atomic E-state index is 13.5. The van der Waals surface area contributed by atoms with E-state index in [9.17, 15) is 13.6 Å². The monoisotopic (exact) mass is 394 g/mol. The molecule has 27 heavy (non-hydrogen) atoms. The maximum absolute atomic E-state index is 13.5. The number of pyridine rings is 1. The van der Waals surface area contributed by atoms with Crippen molar-refractivity contribution in [2.75, 3.05) is 6.61 Å². The molecule has 4 nitrogen and oxygen atoms in total. The maximum Gasteiger partial charge on any atom is 0.257 e. The average Bonchev–Trinajstić information content (AvgIpc) is 3.23. The lowest BCUT2D eigenvalue weighted by molar-refractivity contribution is -0.0487. The first-order valence-corrected chi connectivity index (χ1v) is 9.57. The topological polar surface area (TPSA) is 42.7 Å². The second kappa shape index (κ2) is 7.24. The summed E-state index contributed by atoms with van der Waals surface area (Å²) in [6, 6.07) is 7.43. The molecular formula is C20H21ClF2N2O2. The van der Waals surface area contributed by atoms with Crippen molar-refractivity contribution in [3.63, 3.8) is 0 Å². The normalized spacial score (nSPS) is 27.5. The minimum atomic E-state index is -2.68. The molecule has 1 aliphatic carbocycles. The van der Waals surface area contributed by atoms with E-state index in [2.05, 4.69) is 5.32 Å². The second-order valence-corrected chi connectivity index (χ2v) is 7.83. The molecule has 2 aromatic rings. The van der Waals surface area contributed by atoms with Crippen LogP contribution in [0, 0.1) is 5.92 Å². The van der Waals surface area contributed by atoms with Crippen LogP contribution in [0.25, 0.3) is 5.52 Å². The summed E-state index contributed by atoms with van der Waals surface area (Å²) in [5.74, 6) is -2.93. The van der Waals surface area contributed by atoms with E-state index in [1.165, 1.54) is 0 Å². The van der Waals surface area contributed by atoms with Crippen molar-refractivity contribution in [2.45, 2.75) is 43.1 Å². The van der Waals surface area contributed by atoms with Crippen molar-refractivity contribution >= 4 is 23.0 Å². The number of carbonyl (C=O) groups excluding carboxylic acids is 1. The van der Waals surface area contributed by atoms with Gasteiger partial charge in [0.05, 0.1) is 23.8 Å². The van der Waals surface area contributed by atoms with E-state index in [0.29, 0.717) is 30.7 Å². The number of rotatable bonds is 4. The molecule has 1 saturated carbocycles. The third-order valence-electron chi connectivity index (χ3n) is 5.42. The Morgan fingerprint density at radius 1 is 1.33 bits per heavy atom. The van der Waals surface area contributed by atoms with Crippen LogP contribution in [-0.2, 0) is 4.74 Å². The zero-order chi connectivity index (χ0) is 19.0. The van der Waals surface area contributed by atoms with Gasteiger partial charge in [0, 0.05) is 36.3 Å². The number of halogens is 3. The molecule has 0 saturated heterocycles. The van der Waals surface area contributed by atoms with Crippen molar-refractivity contribution in [2.24, 2.45) is 5.92 Å². The van der Waals surface area contributed by atoms with Gasteiger partial charge in [-0.05, 0) is 43.0 Å². The molecule has 1 aliphatic heterocycles. The first-order chi connectivity index (χ1) is 12.9. The molecule has 7 heteroatoms. The molecule has 3 unspecified atom stereocenters. The van der Waals surface area contributed by atoms with Gasteiger partial charge >= 0.3 is 0 Å². The summed E-state index contributed by atoms with van der Waals surface area (Å²) >= 11 is 6.20. The summed E-state index contributed by atoms with van der Waals surface area (Å²) in [5, 5.41) is 2.36. The Labute approximate surface area is 161 Å². The van der Waals surface area contributed by atoms with E-state index in [-0.39, 0.29) is 30.8 Å². The van der Waals surface area contributed by atoms with Crippen molar-refractivity contribution in [3.8, 4) is 0 Å². The zero-order valence-electron chi connectivity index (χ0n) is 14.7. The van der Waals surface area contributed by atoms with Gasteiger partial charge in [0.2, 0.25) is 5.92 Å². The molecule has 1 amide bonds. The number of carbonyl (C=O) groups is 1. The van der Waals surface area contributed by atoms with Crippen molar-refractivity contribution < 1.29 is 18.3 Å². The molecule has 4 rings (SSSR count). The predicted molar refractivity (Wildman–Crippen MR) is 99.2 cm³/mol. The number of ether oxygens (including phenoxy) is 1. The molecule has 1 fully saturated rings. The van der Waals surface area contributed by atoms with Crippen molar-refractivity contribution in [1.29, 1.82) is 0 Å². The zero-order valence-corrected chi connectivity index (χ0v) is 15.5. The smallest absolute Gasteiger partial charge is 0.257 e. The Hall–Kier alpha value is -1.92. The second-order valence-electron chi connectivity index (χ2n) is 7.27. The summed E-state index contributed by atoms with van der Waals surface area (Å²) in [6.45, 7) is 0.395. The number of hydrogen-bond acceptors (Lipinski definition) is 2. The fourth-order valence-corrected chi connectivity index (χ4v) is 4.37. The van der Waals surface area contributed by atoms with Gasteiger partial charge in [0.25, 0.3) is 5.91 Å². The molecular weight excluding hydrogens is 374 g/mol. The van der Waals surface area contributed by atoms with Gasteiger partial charge in [-0.25, -0.2) is 8.78 Å². The van der Waals surface area contributed by atoms with Gasteiger partial charge in [-0.3, -0.25) is 4.79 Å². The van der Waals surface area contributed by atoms with Crippen LogP contribution in [0.2, 0.25) is 0 Å². The van der Waals surface area contributed by atoms with Crippen LogP contribution >= 0.6 is 11.6 Å². The van der Waals surface area contributed by atoms with Crippen LogP contribution in [0.1, 0.15) is 36.0 Å². The number of aromatic nitrogens is 1. The number of alkyl halides is 3. The third kappa shape index (κ3) is 3.87. The van der Waals surface area contributed by atoms with Crippen LogP contribution in [-0.4, -0.2) is 34.3 Å². The summed E-state index contributed by atoms with van der Waals surface area (Å²) in [7, 11) is 0. The molecule has 3 heterocycles. The molecule has 144 valence electrons. The fourth-order valence-electron chi connectivity index (χ4n) is 3.92. The van der Waals surface area contributed by atoms with E-state index >= 15 is 0 Å². The Morgan fingerprint density at radius 3 is 3.00 bits per heavy atom.